The van der Waals surface area contributed by atoms with Crippen LogP contribution in [0.4, 0.5) is 0 Å². The lowest BCUT2D eigenvalue weighted by molar-refractivity contribution is -0.0308. The highest BCUT2D eigenvalue weighted by molar-refractivity contribution is 7.09. The monoisotopic (exact) mass is 373 g/mol. The highest BCUT2D eigenvalue weighted by Crippen LogP contribution is 2.34. The molecule has 2 fully saturated rings. The van der Waals surface area contributed by atoms with E-state index < -0.39 is 5.60 Å². The molecule has 26 heavy (non-hydrogen) atoms. The van der Waals surface area contributed by atoms with E-state index in [1.807, 2.05) is 12.1 Å². The topological polar surface area (TPSA) is 48.8 Å². The van der Waals surface area contributed by atoms with Crippen molar-refractivity contribution in [3.8, 4) is 5.75 Å². The maximum absolute atomic E-state index is 11.1. The highest BCUT2D eigenvalue weighted by Gasteiger charge is 2.36. The lowest BCUT2D eigenvalue weighted by Crippen LogP contribution is -2.42. The second kappa shape index (κ2) is 7.64. The standard InChI is InChI=1S/C20H27N3O2S/c1-25-17-5-3-16(4-6-17)13-23-11-7-20(24,8-12-23)18-15-26-19(21-18)14-22-9-2-10-22/h3-6,15,24H,2,7-14H2,1H3. The number of ether oxygens (including phenoxy) is 1. The van der Waals surface area contributed by atoms with Gasteiger partial charge in [-0.15, -0.1) is 11.3 Å². The summed E-state index contributed by atoms with van der Waals surface area (Å²) in [5.74, 6) is 0.888. The van der Waals surface area contributed by atoms with Gasteiger partial charge in [0, 0.05) is 25.0 Å². The fourth-order valence-electron chi connectivity index (χ4n) is 3.65. The van der Waals surface area contributed by atoms with Crippen molar-refractivity contribution < 1.29 is 9.84 Å². The van der Waals surface area contributed by atoms with E-state index in [-0.39, 0.29) is 0 Å². The fourth-order valence-corrected chi connectivity index (χ4v) is 4.58. The molecule has 4 rings (SSSR count). The van der Waals surface area contributed by atoms with Crippen LogP contribution in [0.1, 0.15) is 35.5 Å². The van der Waals surface area contributed by atoms with Crippen LogP contribution in [0, 0.1) is 0 Å². The zero-order chi connectivity index (χ0) is 18.0. The van der Waals surface area contributed by atoms with Crippen molar-refractivity contribution in [3.63, 3.8) is 0 Å². The largest absolute Gasteiger partial charge is 0.497 e. The van der Waals surface area contributed by atoms with Gasteiger partial charge in [0.2, 0.25) is 0 Å². The van der Waals surface area contributed by atoms with E-state index >= 15 is 0 Å². The van der Waals surface area contributed by atoms with Gasteiger partial charge in [0.25, 0.3) is 0 Å². The first-order chi connectivity index (χ1) is 12.6. The van der Waals surface area contributed by atoms with Crippen molar-refractivity contribution in [2.45, 2.75) is 38.0 Å². The van der Waals surface area contributed by atoms with Crippen molar-refractivity contribution in [3.05, 3.63) is 45.9 Å². The maximum Gasteiger partial charge on any atom is 0.118 e. The van der Waals surface area contributed by atoms with Crippen molar-refractivity contribution >= 4 is 11.3 Å². The minimum absolute atomic E-state index is 0.746. The van der Waals surface area contributed by atoms with E-state index in [4.69, 9.17) is 9.72 Å². The van der Waals surface area contributed by atoms with E-state index in [0.717, 1.165) is 55.5 Å². The van der Waals surface area contributed by atoms with Gasteiger partial charge in [0.15, 0.2) is 0 Å². The fraction of sp³-hybridized carbons (Fsp3) is 0.550. The molecule has 5 nitrogen and oxygen atoms in total. The number of likely N-dealkylation sites (tertiary alicyclic amines) is 2. The number of piperidine rings is 1. The number of thiazole rings is 1. The third-order valence-electron chi connectivity index (χ3n) is 5.58. The Kier molecular flexibility index (Phi) is 5.27. The number of benzene rings is 1. The van der Waals surface area contributed by atoms with Crippen LogP contribution in [-0.2, 0) is 18.7 Å². The highest BCUT2D eigenvalue weighted by atomic mass is 32.1. The minimum Gasteiger partial charge on any atom is -0.497 e. The zero-order valence-electron chi connectivity index (χ0n) is 15.4. The first-order valence-electron chi connectivity index (χ1n) is 9.39. The average Bonchev–Trinajstić information content (AvgIpc) is 3.11. The van der Waals surface area contributed by atoms with E-state index in [0.29, 0.717) is 0 Å². The third-order valence-corrected chi connectivity index (χ3v) is 6.42. The molecule has 0 saturated carbocycles. The molecule has 0 spiro atoms. The Morgan fingerprint density at radius 2 is 1.77 bits per heavy atom. The Hall–Kier alpha value is -1.47. The molecule has 140 valence electrons. The number of aromatic nitrogens is 1. The Morgan fingerprint density at radius 1 is 1.08 bits per heavy atom. The lowest BCUT2D eigenvalue weighted by atomic mass is 9.88. The number of hydrogen-bond acceptors (Lipinski definition) is 6. The first-order valence-corrected chi connectivity index (χ1v) is 10.3. The molecular weight excluding hydrogens is 346 g/mol. The molecular formula is C20H27N3O2S. The van der Waals surface area contributed by atoms with Gasteiger partial charge < -0.3 is 9.84 Å². The molecule has 2 aliphatic heterocycles. The van der Waals surface area contributed by atoms with Crippen LogP contribution in [0.25, 0.3) is 0 Å². The lowest BCUT2D eigenvalue weighted by Gasteiger charge is -2.37. The molecule has 0 bridgehead atoms. The molecule has 1 aromatic carbocycles. The Balaban J connectivity index is 1.32. The molecule has 2 saturated heterocycles. The summed E-state index contributed by atoms with van der Waals surface area (Å²) < 4.78 is 5.22. The van der Waals surface area contributed by atoms with Crippen molar-refractivity contribution in [1.82, 2.24) is 14.8 Å². The summed E-state index contributed by atoms with van der Waals surface area (Å²) in [5, 5.41) is 14.3. The molecule has 2 aromatic rings. The van der Waals surface area contributed by atoms with E-state index in [2.05, 4.69) is 27.3 Å². The molecule has 0 amide bonds. The summed E-state index contributed by atoms with van der Waals surface area (Å²) in [6.45, 7) is 5.99. The van der Waals surface area contributed by atoms with Crippen LogP contribution < -0.4 is 4.74 Å². The molecule has 3 heterocycles. The van der Waals surface area contributed by atoms with Crippen molar-refractivity contribution in [1.29, 1.82) is 0 Å². The number of rotatable bonds is 6. The summed E-state index contributed by atoms with van der Waals surface area (Å²) in [6.07, 6.45) is 2.79. The van der Waals surface area contributed by atoms with Gasteiger partial charge in [-0.25, -0.2) is 4.98 Å². The van der Waals surface area contributed by atoms with Gasteiger partial charge in [-0.3, -0.25) is 9.80 Å². The third kappa shape index (κ3) is 3.93. The molecule has 0 unspecified atom stereocenters. The molecule has 2 aliphatic rings. The molecule has 0 aliphatic carbocycles. The average molecular weight is 374 g/mol. The van der Waals surface area contributed by atoms with Gasteiger partial charge in [0.1, 0.15) is 16.4 Å². The molecule has 1 N–H and O–H groups in total. The summed E-state index contributed by atoms with van der Waals surface area (Å²) in [5.41, 5.74) is 1.39. The van der Waals surface area contributed by atoms with Gasteiger partial charge in [0.05, 0.1) is 19.3 Å². The summed E-state index contributed by atoms with van der Waals surface area (Å²) in [7, 11) is 1.69. The quantitative estimate of drug-likeness (QED) is 0.844. The van der Waals surface area contributed by atoms with Gasteiger partial charge in [-0.05, 0) is 50.0 Å². The van der Waals surface area contributed by atoms with Crippen molar-refractivity contribution in [2.24, 2.45) is 0 Å². The molecule has 6 heteroatoms. The zero-order valence-corrected chi connectivity index (χ0v) is 16.2. The SMILES string of the molecule is COc1ccc(CN2CCC(O)(c3csc(CN4CCC4)n3)CC2)cc1. The predicted octanol–water partition coefficient (Wildman–Crippen LogP) is 2.84. The van der Waals surface area contributed by atoms with Crippen LogP contribution in [-0.4, -0.2) is 53.2 Å². The minimum atomic E-state index is -0.764. The predicted molar refractivity (Wildman–Crippen MR) is 103 cm³/mol. The second-order valence-electron chi connectivity index (χ2n) is 7.41. The second-order valence-corrected chi connectivity index (χ2v) is 8.35. The number of hydrogen-bond donors (Lipinski definition) is 1. The molecule has 0 radical (unpaired) electrons. The first kappa shape index (κ1) is 17.9. The Morgan fingerprint density at radius 3 is 2.38 bits per heavy atom. The van der Waals surface area contributed by atoms with E-state index in [9.17, 15) is 5.11 Å². The summed E-state index contributed by atoms with van der Waals surface area (Å²) in [4.78, 5) is 9.56. The van der Waals surface area contributed by atoms with Gasteiger partial charge >= 0.3 is 0 Å². The smallest absolute Gasteiger partial charge is 0.118 e. The van der Waals surface area contributed by atoms with E-state index in [1.54, 1.807) is 18.4 Å². The van der Waals surface area contributed by atoms with Crippen LogP contribution >= 0.6 is 11.3 Å². The normalized spacial score (nSPS) is 20.7. The van der Waals surface area contributed by atoms with Crippen molar-refractivity contribution in [2.75, 3.05) is 33.3 Å². The maximum atomic E-state index is 11.1. The van der Waals surface area contributed by atoms with Gasteiger partial charge in [-0.2, -0.15) is 0 Å². The number of nitrogens with zero attached hydrogens (tertiary/aromatic N) is 3. The molecule has 1 aromatic heterocycles. The number of aliphatic hydroxyl groups is 1. The van der Waals surface area contributed by atoms with Crippen LogP contribution in [0.3, 0.4) is 0 Å². The van der Waals surface area contributed by atoms with Gasteiger partial charge in [-0.1, -0.05) is 12.1 Å². The number of methoxy groups -OCH3 is 1. The van der Waals surface area contributed by atoms with Crippen LogP contribution in [0.5, 0.6) is 5.75 Å². The molecule has 0 atom stereocenters. The van der Waals surface area contributed by atoms with E-state index in [1.165, 1.54) is 25.1 Å². The Bertz CT molecular complexity index is 719. The van der Waals surface area contributed by atoms with Crippen LogP contribution in [0.15, 0.2) is 29.6 Å². The summed E-state index contributed by atoms with van der Waals surface area (Å²) in [6, 6.07) is 8.24. The van der Waals surface area contributed by atoms with Crippen LogP contribution in [0.2, 0.25) is 0 Å². The summed E-state index contributed by atoms with van der Waals surface area (Å²) >= 11 is 1.69. The Labute approximate surface area is 159 Å².